The van der Waals surface area contributed by atoms with Crippen molar-refractivity contribution in [3.63, 3.8) is 0 Å². The minimum absolute atomic E-state index is 0.0220. The Kier molecular flexibility index (Phi) is 9.24. The molecule has 0 aliphatic carbocycles. The average molecular weight is 606 g/mol. The molecule has 2 aromatic carbocycles. The van der Waals surface area contributed by atoms with Crippen LogP contribution in [0.2, 0.25) is 5.02 Å². The summed E-state index contributed by atoms with van der Waals surface area (Å²) in [6.07, 6.45) is -0.0950. The van der Waals surface area contributed by atoms with E-state index >= 15 is 0 Å². The lowest BCUT2D eigenvalue weighted by atomic mass is 10.0. The Balaban J connectivity index is 1.51. The number of carbonyl (C=O) groups is 4. The molecule has 224 valence electrons. The zero-order chi connectivity index (χ0) is 30.8. The van der Waals surface area contributed by atoms with E-state index in [4.69, 9.17) is 11.6 Å². The molecule has 1 aliphatic heterocycles. The van der Waals surface area contributed by atoms with Crippen LogP contribution in [0.5, 0.6) is 0 Å². The van der Waals surface area contributed by atoms with Crippen molar-refractivity contribution in [2.24, 2.45) is 0 Å². The number of hydrogen-bond acceptors (Lipinski definition) is 5. The Morgan fingerprint density at radius 2 is 1.90 bits per heavy atom. The van der Waals surface area contributed by atoms with Crippen molar-refractivity contribution >= 4 is 46.0 Å². The fraction of sp³-hybridized carbons (Fsp3) is 0.414. The van der Waals surface area contributed by atoms with Crippen molar-refractivity contribution in [1.29, 1.82) is 0 Å². The van der Waals surface area contributed by atoms with E-state index < -0.39 is 41.8 Å². The van der Waals surface area contributed by atoms with Crippen molar-refractivity contribution in [1.82, 2.24) is 24.9 Å². The summed E-state index contributed by atoms with van der Waals surface area (Å²) in [5.74, 6) is -5.57. The number of fused-ring (bicyclic) bond motifs is 1. The van der Waals surface area contributed by atoms with Gasteiger partial charge < -0.3 is 15.1 Å². The summed E-state index contributed by atoms with van der Waals surface area (Å²) in [6, 6.07) is 8.46. The number of nitrogens with zero attached hydrogens (tertiary/aromatic N) is 4. The van der Waals surface area contributed by atoms with E-state index in [1.54, 1.807) is 19.9 Å². The molecule has 42 heavy (non-hydrogen) atoms. The topological polar surface area (TPSA) is 105 Å². The molecule has 1 aliphatic rings. The van der Waals surface area contributed by atoms with Crippen LogP contribution < -0.4 is 5.32 Å². The third-order valence-corrected chi connectivity index (χ3v) is 7.35. The predicted octanol–water partition coefficient (Wildman–Crippen LogP) is 4.46. The third-order valence-electron chi connectivity index (χ3n) is 7.06. The standard InChI is InChI=1S/C29H31ClF3N5O4/c1-17(2)37(14-24(40)34-13-20-6-4-7-22(30)26(20)31)25(41)15-38-23-9-8-19(12-21(23)27(35-38)18(3)39)28(42)36-11-5-10-29(32,33)16-36/h4,6-9,12,17H,5,10-11,13-16H2,1-3H3,(H,34,40). The molecular formula is C29H31ClF3N5O4. The van der Waals surface area contributed by atoms with Gasteiger partial charge in [-0.25, -0.2) is 13.2 Å². The van der Waals surface area contributed by atoms with Gasteiger partial charge in [-0.05, 0) is 44.5 Å². The molecule has 1 N–H and O–H groups in total. The van der Waals surface area contributed by atoms with Crippen LogP contribution >= 0.6 is 11.6 Å². The number of carbonyl (C=O) groups excluding carboxylic acids is 4. The van der Waals surface area contributed by atoms with E-state index in [1.165, 1.54) is 46.8 Å². The molecule has 2 heterocycles. The molecular weight excluding hydrogens is 575 g/mol. The van der Waals surface area contributed by atoms with Gasteiger partial charge in [-0.1, -0.05) is 23.7 Å². The molecule has 13 heteroatoms. The maximum Gasteiger partial charge on any atom is 0.265 e. The molecule has 1 saturated heterocycles. The summed E-state index contributed by atoms with van der Waals surface area (Å²) >= 11 is 5.79. The fourth-order valence-electron chi connectivity index (χ4n) is 4.88. The highest BCUT2D eigenvalue weighted by atomic mass is 35.5. The van der Waals surface area contributed by atoms with Gasteiger partial charge in [0.2, 0.25) is 11.8 Å². The molecule has 0 saturated carbocycles. The fourth-order valence-corrected chi connectivity index (χ4v) is 5.08. The van der Waals surface area contributed by atoms with Gasteiger partial charge in [0.05, 0.1) is 23.6 Å². The second-order valence-electron chi connectivity index (χ2n) is 10.6. The number of amides is 3. The molecule has 0 bridgehead atoms. The largest absolute Gasteiger partial charge is 0.350 e. The number of piperidine rings is 1. The van der Waals surface area contributed by atoms with Crippen molar-refractivity contribution in [3.05, 3.63) is 64.1 Å². The number of aromatic nitrogens is 2. The molecule has 0 atom stereocenters. The number of benzene rings is 2. The van der Waals surface area contributed by atoms with E-state index in [0.29, 0.717) is 10.9 Å². The molecule has 0 spiro atoms. The molecule has 0 radical (unpaired) electrons. The van der Waals surface area contributed by atoms with E-state index in [1.807, 2.05) is 0 Å². The van der Waals surface area contributed by atoms with Gasteiger partial charge in [0.1, 0.15) is 18.1 Å². The molecule has 9 nitrogen and oxygen atoms in total. The Morgan fingerprint density at radius 3 is 2.57 bits per heavy atom. The summed E-state index contributed by atoms with van der Waals surface area (Å²) in [4.78, 5) is 53.8. The summed E-state index contributed by atoms with van der Waals surface area (Å²) in [5.41, 5.74) is 0.738. The molecule has 0 unspecified atom stereocenters. The van der Waals surface area contributed by atoms with E-state index in [2.05, 4.69) is 10.4 Å². The van der Waals surface area contributed by atoms with Gasteiger partial charge in [0.15, 0.2) is 5.78 Å². The summed E-state index contributed by atoms with van der Waals surface area (Å²) in [6.45, 7) is 3.53. The molecule has 1 fully saturated rings. The Morgan fingerprint density at radius 1 is 1.17 bits per heavy atom. The van der Waals surface area contributed by atoms with Gasteiger partial charge in [0, 0.05) is 49.0 Å². The molecule has 4 rings (SSSR count). The number of hydrogen-bond donors (Lipinski definition) is 1. The summed E-state index contributed by atoms with van der Waals surface area (Å²) in [7, 11) is 0. The predicted molar refractivity (Wildman–Crippen MR) is 150 cm³/mol. The number of likely N-dealkylation sites (tertiary alicyclic amines) is 1. The Labute approximate surface area is 245 Å². The van der Waals surface area contributed by atoms with Gasteiger partial charge in [-0.3, -0.25) is 23.9 Å². The number of Topliss-reactive ketones (excluding diaryl/α,β-unsaturated/α-hetero) is 1. The van der Waals surface area contributed by atoms with E-state index in [-0.39, 0.29) is 66.9 Å². The lowest BCUT2D eigenvalue weighted by Gasteiger charge is -2.32. The minimum Gasteiger partial charge on any atom is -0.350 e. The second-order valence-corrected chi connectivity index (χ2v) is 11.0. The van der Waals surface area contributed by atoms with Crippen LogP contribution in [0.15, 0.2) is 36.4 Å². The minimum atomic E-state index is -2.96. The monoisotopic (exact) mass is 605 g/mol. The lowest BCUT2D eigenvalue weighted by molar-refractivity contribution is -0.138. The van der Waals surface area contributed by atoms with Crippen LogP contribution in [-0.4, -0.2) is 74.7 Å². The number of ketones is 1. The number of alkyl halides is 2. The first-order chi connectivity index (χ1) is 19.8. The number of rotatable bonds is 9. The Hall–Kier alpha value is -3.93. The quantitative estimate of drug-likeness (QED) is 0.363. The van der Waals surface area contributed by atoms with Crippen molar-refractivity contribution in [2.75, 3.05) is 19.6 Å². The van der Waals surface area contributed by atoms with E-state index in [9.17, 15) is 32.3 Å². The maximum absolute atomic E-state index is 14.2. The van der Waals surface area contributed by atoms with Crippen LogP contribution in [0, 0.1) is 5.82 Å². The highest BCUT2D eigenvalue weighted by Crippen LogP contribution is 2.29. The third kappa shape index (κ3) is 6.92. The van der Waals surface area contributed by atoms with Crippen molar-refractivity contribution in [2.45, 2.75) is 58.7 Å². The first-order valence-corrected chi connectivity index (χ1v) is 13.8. The smallest absolute Gasteiger partial charge is 0.265 e. The van der Waals surface area contributed by atoms with E-state index in [0.717, 1.165) is 4.90 Å². The summed E-state index contributed by atoms with van der Waals surface area (Å²) in [5, 5.41) is 7.13. The first-order valence-electron chi connectivity index (χ1n) is 13.4. The molecule has 3 amide bonds. The Bertz CT molecular complexity index is 1540. The highest BCUT2D eigenvalue weighted by Gasteiger charge is 2.37. The van der Waals surface area contributed by atoms with Gasteiger partial charge in [-0.15, -0.1) is 0 Å². The van der Waals surface area contributed by atoms with Gasteiger partial charge >= 0.3 is 0 Å². The average Bonchev–Trinajstić information content (AvgIpc) is 3.29. The van der Waals surface area contributed by atoms with Crippen LogP contribution in [-0.2, 0) is 22.7 Å². The SMILES string of the molecule is CC(=O)c1nn(CC(=O)N(CC(=O)NCc2cccc(Cl)c2F)C(C)C)c2ccc(C(=O)N3CCCC(F)(F)C3)cc12. The van der Waals surface area contributed by atoms with Crippen LogP contribution in [0.25, 0.3) is 10.9 Å². The van der Waals surface area contributed by atoms with Crippen LogP contribution in [0.3, 0.4) is 0 Å². The van der Waals surface area contributed by atoms with Crippen molar-refractivity contribution < 1.29 is 32.3 Å². The maximum atomic E-state index is 14.2. The van der Waals surface area contributed by atoms with Gasteiger partial charge in [0.25, 0.3) is 11.8 Å². The van der Waals surface area contributed by atoms with Gasteiger partial charge in [-0.2, -0.15) is 5.10 Å². The summed E-state index contributed by atoms with van der Waals surface area (Å²) < 4.78 is 43.3. The second kappa shape index (κ2) is 12.5. The zero-order valence-corrected chi connectivity index (χ0v) is 24.2. The van der Waals surface area contributed by atoms with Crippen LogP contribution in [0.1, 0.15) is 60.0 Å². The number of halogens is 4. The van der Waals surface area contributed by atoms with Crippen molar-refractivity contribution in [3.8, 4) is 0 Å². The lowest BCUT2D eigenvalue weighted by Crippen LogP contribution is -2.45. The number of nitrogens with one attached hydrogen (secondary N) is 1. The molecule has 3 aromatic rings. The zero-order valence-electron chi connectivity index (χ0n) is 23.4. The normalized spacial score (nSPS) is 14.7. The first kappa shape index (κ1) is 31.0. The van der Waals surface area contributed by atoms with Crippen LogP contribution in [0.4, 0.5) is 13.2 Å². The molecule has 1 aromatic heterocycles. The highest BCUT2D eigenvalue weighted by molar-refractivity contribution is 6.30.